The van der Waals surface area contributed by atoms with Crippen LogP contribution in [-0.2, 0) is 19.7 Å². The number of rotatable bonds is 4. The monoisotopic (exact) mass is 710 g/mol. The molecule has 198 valence electrons. The molecule has 0 radical (unpaired) electrons. The topological polar surface area (TPSA) is 124 Å². The van der Waals surface area contributed by atoms with E-state index in [1.165, 1.54) is 6.20 Å². The average molecular weight is 713 g/mol. The highest BCUT2D eigenvalue weighted by Gasteiger charge is 2.46. The maximum absolute atomic E-state index is 12.8. The van der Waals surface area contributed by atoms with Gasteiger partial charge in [-0.25, -0.2) is 20.4 Å². The summed E-state index contributed by atoms with van der Waals surface area (Å²) in [5.74, 6) is -0.0736. The Morgan fingerprint density at radius 3 is 1.86 bits per heavy atom. The summed E-state index contributed by atoms with van der Waals surface area (Å²) in [5, 5.41) is -5.73. The number of fused-ring (bicyclic) bond motifs is 1. The fraction of sp³-hybridized carbons (Fsp3) is 0.188. The highest BCUT2D eigenvalue weighted by molar-refractivity contribution is 9.10. The Hall–Kier alpha value is -1.92. The molecule has 0 spiro atoms. The number of esters is 2. The third-order valence-electron chi connectivity index (χ3n) is 3.14. The molecule has 3 N–H and O–H groups in total. The zero-order chi connectivity index (χ0) is 27.9. The molecule has 0 unspecified atom stereocenters. The number of aromatic nitrogens is 4. The van der Waals surface area contributed by atoms with Crippen LogP contribution in [0.25, 0.3) is 5.65 Å². The average Bonchev–Trinajstić information content (AvgIpc) is 3.17. The number of anilines is 1. The van der Waals surface area contributed by atoms with Gasteiger partial charge >= 0.3 is 28.1 Å². The number of hydrazine groups is 1. The molecule has 0 bridgehead atoms. The molecule has 9 nitrogen and oxygen atoms in total. The smallest absolute Gasteiger partial charge is 0.382 e. The molecule has 0 fully saturated rings. The molecule has 3 rings (SSSR count). The van der Waals surface area contributed by atoms with Gasteiger partial charge in [0.2, 0.25) is 5.82 Å². The van der Waals surface area contributed by atoms with Crippen molar-refractivity contribution in [3.63, 3.8) is 0 Å². The normalized spacial score (nSPS) is 11.6. The molecule has 3 aromatic rings. The molecule has 3 heterocycles. The summed E-state index contributed by atoms with van der Waals surface area (Å²) in [6.07, 6.45) is 3.11. The molecule has 36 heavy (non-hydrogen) atoms. The van der Waals surface area contributed by atoms with E-state index in [0.29, 0.717) is 15.9 Å². The van der Waals surface area contributed by atoms with Gasteiger partial charge in [-0.05, 0) is 90.9 Å². The van der Waals surface area contributed by atoms with E-state index in [1.807, 2.05) is 6.07 Å². The summed E-state index contributed by atoms with van der Waals surface area (Å²) in [5.41, 5.74) is 2.74. The van der Waals surface area contributed by atoms with Crippen molar-refractivity contribution in [3.05, 3.63) is 51.4 Å². The Morgan fingerprint density at radius 1 is 0.917 bits per heavy atom. The summed E-state index contributed by atoms with van der Waals surface area (Å²) in [6.45, 7) is 0. The Morgan fingerprint density at radius 2 is 1.44 bits per heavy atom. The first kappa shape index (κ1) is 32.1. The second-order valence-corrected chi connectivity index (χ2v) is 9.03. The highest BCUT2D eigenvalue weighted by Crippen LogP contribution is 2.31. The van der Waals surface area contributed by atoms with Crippen LogP contribution in [0.3, 0.4) is 0 Å². The number of alkyl halides is 9. The van der Waals surface area contributed by atoms with E-state index in [-0.39, 0.29) is 0 Å². The number of halogens is 11. The van der Waals surface area contributed by atoms with Gasteiger partial charge in [0, 0.05) is 21.3 Å². The van der Waals surface area contributed by atoms with Gasteiger partial charge in [-0.1, -0.05) is 0 Å². The summed E-state index contributed by atoms with van der Waals surface area (Å²) >= 11 is 19.3. The molecule has 0 saturated heterocycles. The maximum atomic E-state index is 12.8. The largest absolute Gasteiger partial charge is 0.418 e. The van der Waals surface area contributed by atoms with Crippen LogP contribution in [0.4, 0.5) is 32.2 Å². The van der Waals surface area contributed by atoms with Gasteiger partial charge in [0.05, 0.1) is 0 Å². The number of hydrogen-bond donors (Lipinski definition) is 2. The van der Waals surface area contributed by atoms with Crippen molar-refractivity contribution < 1.29 is 40.7 Å². The minimum atomic E-state index is -4.54. The van der Waals surface area contributed by atoms with Gasteiger partial charge in [0.15, 0.2) is 5.65 Å². The molecule has 0 aromatic carbocycles. The number of nitrogens with zero attached hydrogens (tertiary/aromatic N) is 4. The van der Waals surface area contributed by atoms with E-state index in [0.717, 1.165) is 8.87 Å². The minimum absolute atomic E-state index is 0.323. The maximum Gasteiger partial charge on any atom is 0.418 e. The Bertz CT molecular complexity index is 1170. The minimum Gasteiger partial charge on any atom is -0.382 e. The van der Waals surface area contributed by atoms with Crippen molar-refractivity contribution in [2.24, 2.45) is 5.84 Å². The van der Waals surface area contributed by atoms with Crippen LogP contribution in [0.1, 0.15) is 5.82 Å². The Labute approximate surface area is 228 Å². The fourth-order valence-electron chi connectivity index (χ4n) is 1.72. The predicted molar refractivity (Wildman–Crippen MR) is 123 cm³/mol. The fourth-order valence-corrected chi connectivity index (χ4v) is 2.50. The number of ether oxygens (including phenoxy) is 1. The van der Waals surface area contributed by atoms with Crippen molar-refractivity contribution in [2.75, 3.05) is 5.43 Å². The number of pyridine rings is 2. The number of carbonyl (C=O) groups is 2. The number of hydrogen-bond acceptors (Lipinski definition) is 8. The molecule has 0 aliphatic rings. The molecule has 0 amide bonds. The summed E-state index contributed by atoms with van der Waals surface area (Å²) in [6, 6.07) is 6.88. The van der Waals surface area contributed by atoms with Crippen molar-refractivity contribution in [3.8, 4) is 0 Å². The molecule has 20 heteroatoms. The molecule has 3 aromatic heterocycles. The van der Waals surface area contributed by atoms with Crippen molar-refractivity contribution in [1.82, 2.24) is 19.6 Å². The third kappa shape index (κ3) is 10.6. The second kappa shape index (κ2) is 13.0. The summed E-state index contributed by atoms with van der Waals surface area (Å²) < 4.78 is 78.1. The van der Waals surface area contributed by atoms with Crippen LogP contribution in [0, 0.1) is 0 Å². The number of nitrogens with two attached hydrogens (primary N) is 1. The zero-order valence-corrected chi connectivity index (χ0v) is 22.2. The van der Waals surface area contributed by atoms with E-state index >= 15 is 0 Å². The van der Waals surface area contributed by atoms with Crippen LogP contribution in [0.2, 0.25) is 0 Å². The van der Waals surface area contributed by atoms with Crippen LogP contribution >= 0.6 is 66.7 Å². The molecule has 0 aliphatic carbocycles. The quantitative estimate of drug-likeness (QED) is 0.0892. The molecular weight excluding hydrogens is 704 g/mol. The van der Waals surface area contributed by atoms with Crippen LogP contribution < -0.4 is 11.3 Å². The van der Waals surface area contributed by atoms with Gasteiger partial charge in [-0.2, -0.15) is 26.3 Å². The van der Waals surface area contributed by atoms with Crippen molar-refractivity contribution in [1.29, 1.82) is 0 Å². The predicted octanol–water partition coefficient (Wildman–Crippen LogP) is 5.63. The zero-order valence-electron chi connectivity index (χ0n) is 16.7. The molecular formula is C16H9Br2Cl3F6N6O3. The first-order valence-electron chi connectivity index (χ1n) is 8.42. The first-order valence-corrected chi connectivity index (χ1v) is 11.1. The summed E-state index contributed by atoms with van der Waals surface area (Å²) in [7, 11) is 0. The van der Waals surface area contributed by atoms with Crippen molar-refractivity contribution >= 4 is 90.1 Å². The lowest BCUT2D eigenvalue weighted by Gasteiger charge is -2.08. The SMILES string of the molecule is FC(F)(Cl)c1nnc2ccc(Br)cn12.NNc1ccc(Br)cn1.O=C(OC(=O)C(F)(F)Cl)C(F)(F)Cl. The van der Waals surface area contributed by atoms with Gasteiger partial charge in [0.1, 0.15) is 5.82 Å². The van der Waals surface area contributed by atoms with Crippen LogP contribution in [-0.4, -0.2) is 42.3 Å². The first-order chi connectivity index (χ1) is 16.4. The lowest BCUT2D eigenvalue weighted by Crippen LogP contribution is -2.33. The van der Waals surface area contributed by atoms with Gasteiger partial charge in [-0.15, -0.1) is 10.2 Å². The van der Waals surface area contributed by atoms with Crippen molar-refractivity contribution in [2.45, 2.75) is 16.1 Å². The van der Waals surface area contributed by atoms with E-state index in [9.17, 15) is 35.9 Å². The van der Waals surface area contributed by atoms with Gasteiger partial charge in [-0.3, -0.25) is 4.40 Å². The van der Waals surface area contributed by atoms with Crippen LogP contribution in [0.5, 0.6) is 0 Å². The Kier molecular flexibility index (Phi) is 11.6. The lowest BCUT2D eigenvalue weighted by atomic mass is 10.4. The molecule has 0 saturated carbocycles. The van der Waals surface area contributed by atoms with E-state index in [4.69, 9.17) is 17.4 Å². The van der Waals surface area contributed by atoms with Gasteiger partial charge in [0.25, 0.3) is 0 Å². The van der Waals surface area contributed by atoms with E-state index in [1.54, 1.807) is 24.4 Å². The standard InChI is InChI=1S/C7H3BrClF2N3.C5H6BrN3.C4Cl2F4O3/c8-4-1-2-5-12-13-6(7(9,10)11)14(5)3-4;6-4-1-2-5(9-7)8-3-4;5-3(7,8)1(11)13-2(12)4(6,9)10/h1-3H;1-3H,7H2,(H,8,9);. The number of nitrogen functional groups attached to an aromatic ring is 1. The number of carbonyl (C=O) groups excluding carboxylic acids is 2. The Balaban J connectivity index is 0.000000277. The van der Waals surface area contributed by atoms with Crippen LogP contribution in [0.15, 0.2) is 45.6 Å². The third-order valence-corrected chi connectivity index (χ3v) is 4.56. The van der Waals surface area contributed by atoms with Gasteiger partial charge < -0.3 is 10.2 Å². The number of nitrogens with one attached hydrogen (secondary N) is 1. The van der Waals surface area contributed by atoms with E-state index < -0.39 is 33.9 Å². The highest BCUT2D eigenvalue weighted by atomic mass is 79.9. The van der Waals surface area contributed by atoms with E-state index in [2.05, 4.69) is 80.4 Å². The molecule has 0 aliphatic heterocycles. The second-order valence-electron chi connectivity index (χ2n) is 5.78. The summed E-state index contributed by atoms with van der Waals surface area (Å²) in [4.78, 5) is 23.9. The lowest BCUT2D eigenvalue weighted by molar-refractivity contribution is -0.180. The molecule has 0 atom stereocenters.